The van der Waals surface area contributed by atoms with Gasteiger partial charge in [0, 0.05) is 33.5 Å². The van der Waals surface area contributed by atoms with E-state index in [2.05, 4.69) is 228 Å². The number of para-hydroxylation sites is 2. The molecule has 0 saturated heterocycles. The second-order valence-corrected chi connectivity index (χ2v) is 14.5. The second-order valence-electron chi connectivity index (χ2n) is 14.5. The van der Waals surface area contributed by atoms with Crippen molar-refractivity contribution in [3.8, 4) is 27.9 Å². The molecule has 2 nitrogen and oxygen atoms in total. The van der Waals surface area contributed by atoms with E-state index in [4.69, 9.17) is 0 Å². The number of anilines is 3. The zero-order valence-corrected chi connectivity index (χ0v) is 30.7. The van der Waals surface area contributed by atoms with E-state index < -0.39 is 0 Å². The molecule has 0 saturated carbocycles. The molecule has 0 aliphatic rings. The second kappa shape index (κ2) is 13.2. The van der Waals surface area contributed by atoms with Crippen molar-refractivity contribution in [3.63, 3.8) is 0 Å². The van der Waals surface area contributed by atoms with E-state index in [1.165, 1.54) is 76.4 Å². The summed E-state index contributed by atoms with van der Waals surface area (Å²) in [7, 11) is 0. The van der Waals surface area contributed by atoms with Gasteiger partial charge in [-0.05, 0) is 115 Å². The van der Waals surface area contributed by atoms with Gasteiger partial charge in [0.05, 0.1) is 11.0 Å². The largest absolute Gasteiger partial charge is 0.310 e. The molecule has 11 rings (SSSR count). The lowest BCUT2D eigenvalue weighted by molar-refractivity contribution is 1.18. The Morgan fingerprint density at radius 1 is 0.250 bits per heavy atom. The van der Waals surface area contributed by atoms with Crippen molar-refractivity contribution in [1.29, 1.82) is 0 Å². The summed E-state index contributed by atoms with van der Waals surface area (Å²) in [5.74, 6) is 0. The van der Waals surface area contributed by atoms with Crippen molar-refractivity contribution in [2.75, 3.05) is 4.90 Å². The number of aromatic nitrogens is 1. The first-order chi connectivity index (χ1) is 27.8. The minimum atomic E-state index is 1.10. The van der Waals surface area contributed by atoms with Crippen molar-refractivity contribution in [3.05, 3.63) is 218 Å². The zero-order chi connectivity index (χ0) is 37.0. The van der Waals surface area contributed by atoms with Crippen LogP contribution in [0, 0.1) is 0 Å². The molecule has 0 fully saturated rings. The lowest BCUT2D eigenvalue weighted by Crippen LogP contribution is -2.10. The topological polar surface area (TPSA) is 8.17 Å². The molecule has 56 heavy (non-hydrogen) atoms. The number of nitrogens with zero attached hydrogens (tertiary/aromatic N) is 2. The summed E-state index contributed by atoms with van der Waals surface area (Å²) in [4.78, 5) is 2.40. The normalized spacial score (nSPS) is 11.6. The highest BCUT2D eigenvalue weighted by Gasteiger charge is 2.19. The van der Waals surface area contributed by atoms with Crippen LogP contribution in [0.1, 0.15) is 0 Å². The monoisotopic (exact) mass is 712 g/mol. The zero-order valence-electron chi connectivity index (χ0n) is 30.7. The van der Waals surface area contributed by atoms with Crippen molar-refractivity contribution in [2.45, 2.75) is 0 Å². The third kappa shape index (κ3) is 5.26. The lowest BCUT2D eigenvalue weighted by atomic mass is 9.94. The van der Waals surface area contributed by atoms with Crippen LogP contribution >= 0.6 is 0 Å². The van der Waals surface area contributed by atoms with E-state index in [0.717, 1.165) is 22.7 Å². The van der Waals surface area contributed by atoms with E-state index in [0.29, 0.717) is 0 Å². The van der Waals surface area contributed by atoms with Crippen LogP contribution in [0.4, 0.5) is 17.1 Å². The third-order valence-corrected chi connectivity index (χ3v) is 11.3. The molecule has 262 valence electrons. The summed E-state index contributed by atoms with van der Waals surface area (Å²) in [6.45, 7) is 0. The minimum Gasteiger partial charge on any atom is -0.310 e. The van der Waals surface area contributed by atoms with Gasteiger partial charge in [0.25, 0.3) is 0 Å². The highest BCUT2D eigenvalue weighted by molar-refractivity contribution is 6.26. The number of hydrogen-bond donors (Lipinski definition) is 0. The van der Waals surface area contributed by atoms with Gasteiger partial charge in [-0.2, -0.15) is 0 Å². The molecule has 0 bridgehead atoms. The standard InChI is InChI=1S/C54H36N2/c1-3-14-37(15-4-1)39-16-13-17-40(34-39)38-26-28-42(29-27-38)56-53-25-12-11-24-50(53)51-33-31-44(36-54(51)56)55(41-18-5-2-6-19-41)43-30-32-49-47-22-8-7-20-45(47)46-21-9-10-23-48(46)52(49)35-43/h1-36H. The van der Waals surface area contributed by atoms with Crippen LogP contribution in [0.5, 0.6) is 0 Å². The predicted octanol–water partition coefficient (Wildman–Crippen LogP) is 15.0. The van der Waals surface area contributed by atoms with E-state index in [9.17, 15) is 0 Å². The van der Waals surface area contributed by atoms with Gasteiger partial charge in [0.15, 0.2) is 0 Å². The van der Waals surface area contributed by atoms with Crippen LogP contribution in [0.2, 0.25) is 0 Å². The fourth-order valence-electron chi connectivity index (χ4n) is 8.75. The molecule has 0 radical (unpaired) electrons. The highest BCUT2D eigenvalue weighted by Crippen LogP contribution is 2.43. The first kappa shape index (κ1) is 32.0. The Kier molecular flexibility index (Phi) is 7.53. The van der Waals surface area contributed by atoms with Crippen molar-refractivity contribution in [2.24, 2.45) is 0 Å². The molecule has 0 unspecified atom stereocenters. The Hall–Kier alpha value is -7.42. The van der Waals surface area contributed by atoms with Gasteiger partial charge < -0.3 is 9.47 Å². The van der Waals surface area contributed by atoms with Crippen LogP contribution in [0.15, 0.2) is 218 Å². The summed E-state index contributed by atoms with van der Waals surface area (Å²) in [5, 5.41) is 10.1. The van der Waals surface area contributed by atoms with Crippen LogP contribution in [0.3, 0.4) is 0 Å². The average molecular weight is 713 g/mol. The molecule has 11 aromatic rings. The van der Waals surface area contributed by atoms with Crippen molar-refractivity contribution >= 4 is 71.2 Å². The first-order valence-corrected chi connectivity index (χ1v) is 19.3. The SMILES string of the molecule is c1ccc(-c2cccc(-c3ccc(-n4c5ccccc5c5ccc(N(c6ccccc6)c6ccc7c8ccccc8c8ccccc8c7c6)cc54)cc3)c2)cc1. The van der Waals surface area contributed by atoms with Crippen LogP contribution < -0.4 is 4.90 Å². The van der Waals surface area contributed by atoms with Gasteiger partial charge in [0.1, 0.15) is 0 Å². The molecule has 0 N–H and O–H groups in total. The molecular weight excluding hydrogens is 677 g/mol. The maximum Gasteiger partial charge on any atom is 0.0561 e. The predicted molar refractivity (Wildman–Crippen MR) is 239 cm³/mol. The molecule has 10 aromatic carbocycles. The fraction of sp³-hybridized carbons (Fsp3) is 0. The first-order valence-electron chi connectivity index (χ1n) is 19.3. The Bertz CT molecular complexity index is 3200. The maximum absolute atomic E-state index is 2.42. The van der Waals surface area contributed by atoms with Gasteiger partial charge in [-0.25, -0.2) is 0 Å². The smallest absolute Gasteiger partial charge is 0.0561 e. The van der Waals surface area contributed by atoms with Gasteiger partial charge in [-0.3, -0.25) is 0 Å². The minimum absolute atomic E-state index is 1.10. The van der Waals surface area contributed by atoms with Gasteiger partial charge in [-0.1, -0.05) is 158 Å². The molecule has 0 atom stereocenters. The molecule has 1 aromatic heterocycles. The number of hydrogen-bond acceptors (Lipinski definition) is 1. The summed E-state index contributed by atoms with van der Waals surface area (Å²) < 4.78 is 2.42. The van der Waals surface area contributed by atoms with E-state index >= 15 is 0 Å². The van der Waals surface area contributed by atoms with Crippen molar-refractivity contribution < 1.29 is 0 Å². The summed E-state index contributed by atoms with van der Waals surface area (Å²) in [6.07, 6.45) is 0. The van der Waals surface area contributed by atoms with Crippen LogP contribution in [-0.4, -0.2) is 4.57 Å². The number of fused-ring (bicyclic) bond motifs is 9. The molecule has 0 aliphatic heterocycles. The number of benzene rings is 10. The maximum atomic E-state index is 2.42. The van der Waals surface area contributed by atoms with Gasteiger partial charge >= 0.3 is 0 Å². The van der Waals surface area contributed by atoms with E-state index in [1.807, 2.05) is 0 Å². The molecule has 0 amide bonds. The number of rotatable bonds is 6. The van der Waals surface area contributed by atoms with E-state index in [1.54, 1.807) is 0 Å². The van der Waals surface area contributed by atoms with Crippen molar-refractivity contribution in [1.82, 2.24) is 4.57 Å². The summed E-state index contributed by atoms with van der Waals surface area (Å²) in [6, 6.07) is 79.4. The summed E-state index contributed by atoms with van der Waals surface area (Å²) in [5.41, 5.74) is 11.7. The average Bonchev–Trinajstić information content (AvgIpc) is 3.61. The molecule has 1 heterocycles. The van der Waals surface area contributed by atoms with Gasteiger partial charge in [0.2, 0.25) is 0 Å². The summed E-state index contributed by atoms with van der Waals surface area (Å²) >= 11 is 0. The van der Waals surface area contributed by atoms with Gasteiger partial charge in [-0.15, -0.1) is 0 Å². The molecule has 0 aliphatic carbocycles. The Labute approximate surface area is 325 Å². The lowest BCUT2D eigenvalue weighted by Gasteiger charge is -2.26. The Morgan fingerprint density at radius 3 is 1.38 bits per heavy atom. The molecular formula is C54H36N2. The Balaban J connectivity index is 1.07. The Morgan fingerprint density at radius 2 is 0.714 bits per heavy atom. The molecule has 2 heteroatoms. The van der Waals surface area contributed by atoms with Crippen LogP contribution in [0.25, 0.3) is 82.1 Å². The quantitative estimate of drug-likeness (QED) is 0.156. The van der Waals surface area contributed by atoms with E-state index in [-0.39, 0.29) is 0 Å². The molecule has 0 spiro atoms. The fourth-order valence-corrected chi connectivity index (χ4v) is 8.75. The van der Waals surface area contributed by atoms with Crippen LogP contribution in [-0.2, 0) is 0 Å². The highest BCUT2D eigenvalue weighted by atomic mass is 15.1. The third-order valence-electron chi connectivity index (χ3n) is 11.3.